The second-order valence-corrected chi connectivity index (χ2v) is 7.64. The number of carboxylic acid groups (broad SMARTS) is 1. The minimum Gasteiger partial charge on any atom is -0.490 e. The molecule has 0 aliphatic rings. The number of carboxylic acids is 1. The third-order valence-electron chi connectivity index (χ3n) is 4.85. The molecular weight excluding hydrogens is 392 g/mol. The molecule has 1 atom stereocenters. The van der Waals surface area contributed by atoms with Gasteiger partial charge in [-0.25, -0.2) is 4.79 Å². The fourth-order valence-corrected chi connectivity index (χ4v) is 3.26. The highest BCUT2D eigenvalue weighted by atomic mass is 16.5. The zero-order valence-corrected chi connectivity index (χ0v) is 17.8. The number of aliphatic hydroxyl groups excluding tert-OH is 1. The van der Waals surface area contributed by atoms with Crippen LogP contribution in [0.3, 0.4) is 0 Å². The summed E-state index contributed by atoms with van der Waals surface area (Å²) >= 11 is 0. The Balaban J connectivity index is 1.60. The second kappa shape index (κ2) is 10.7. The summed E-state index contributed by atoms with van der Waals surface area (Å²) in [7, 11) is 0. The van der Waals surface area contributed by atoms with Gasteiger partial charge in [0.05, 0.1) is 17.8 Å². The van der Waals surface area contributed by atoms with Gasteiger partial charge in [-0.2, -0.15) is 0 Å². The number of benzene rings is 2. The van der Waals surface area contributed by atoms with Crippen LogP contribution in [0.25, 0.3) is 11.1 Å². The van der Waals surface area contributed by atoms with Crippen LogP contribution in [0.5, 0.6) is 5.75 Å². The lowest BCUT2D eigenvalue weighted by molar-refractivity contribution is 0.0696. The molecule has 31 heavy (non-hydrogen) atoms. The number of aromatic carboxylic acids is 1. The maximum absolute atomic E-state index is 11.3. The van der Waals surface area contributed by atoms with Crippen molar-refractivity contribution >= 4 is 5.97 Å². The van der Waals surface area contributed by atoms with Gasteiger partial charge in [-0.1, -0.05) is 30.3 Å². The van der Waals surface area contributed by atoms with Gasteiger partial charge in [-0.05, 0) is 62.2 Å². The molecule has 3 N–H and O–H groups in total. The van der Waals surface area contributed by atoms with Crippen LogP contribution in [0.4, 0.5) is 0 Å². The number of rotatable bonds is 10. The number of aliphatic hydroxyl groups is 1. The number of carbonyl (C=O) groups is 1. The number of hydrogen-bond acceptors (Lipinski definition) is 5. The Morgan fingerprint density at radius 2 is 1.90 bits per heavy atom. The normalized spacial score (nSPS) is 12.0. The van der Waals surface area contributed by atoms with Crippen LogP contribution in [0.1, 0.15) is 41.4 Å². The first-order valence-corrected chi connectivity index (χ1v) is 10.4. The van der Waals surface area contributed by atoms with Crippen molar-refractivity contribution in [2.24, 2.45) is 0 Å². The highest BCUT2D eigenvalue weighted by Crippen LogP contribution is 2.32. The summed E-state index contributed by atoms with van der Waals surface area (Å²) in [4.78, 5) is 15.3. The molecule has 1 aromatic heterocycles. The maximum atomic E-state index is 11.3. The van der Waals surface area contributed by atoms with Gasteiger partial charge in [0.15, 0.2) is 0 Å². The van der Waals surface area contributed by atoms with Crippen LogP contribution < -0.4 is 10.1 Å². The molecule has 0 aliphatic heterocycles. The van der Waals surface area contributed by atoms with E-state index in [1.54, 1.807) is 30.6 Å². The Morgan fingerprint density at radius 3 is 2.55 bits per heavy atom. The SMILES string of the molecule is CC(C)Oc1cc(C(=O)O)ccc1-c1ccc(CCNC[C@H](O)c2cccnc2)cc1. The lowest BCUT2D eigenvalue weighted by Gasteiger charge is -2.16. The smallest absolute Gasteiger partial charge is 0.335 e. The van der Waals surface area contributed by atoms with Gasteiger partial charge in [-0.3, -0.25) is 4.98 Å². The third kappa shape index (κ3) is 6.38. The Labute approximate surface area is 182 Å². The molecular formula is C25H28N2O4. The molecule has 0 bridgehead atoms. The fraction of sp³-hybridized carbons (Fsp3) is 0.280. The Bertz CT molecular complexity index is 988. The van der Waals surface area contributed by atoms with Gasteiger partial charge in [0, 0.05) is 30.1 Å². The first kappa shape index (κ1) is 22.5. The molecule has 0 fully saturated rings. The van der Waals surface area contributed by atoms with E-state index < -0.39 is 12.1 Å². The molecule has 3 rings (SSSR count). The van der Waals surface area contributed by atoms with Crippen molar-refractivity contribution in [3.63, 3.8) is 0 Å². The highest BCUT2D eigenvalue weighted by Gasteiger charge is 2.13. The van der Waals surface area contributed by atoms with Gasteiger partial charge in [0.2, 0.25) is 0 Å². The number of pyridine rings is 1. The quantitative estimate of drug-likeness (QED) is 0.428. The van der Waals surface area contributed by atoms with Gasteiger partial charge in [0.1, 0.15) is 5.75 Å². The summed E-state index contributed by atoms with van der Waals surface area (Å²) in [5.41, 5.74) is 4.00. The molecule has 1 heterocycles. The fourth-order valence-electron chi connectivity index (χ4n) is 3.26. The molecule has 0 saturated carbocycles. The van der Waals surface area contributed by atoms with Crippen LogP contribution in [0, 0.1) is 0 Å². The Morgan fingerprint density at radius 1 is 1.13 bits per heavy atom. The van der Waals surface area contributed by atoms with Crippen LogP contribution >= 0.6 is 0 Å². The average Bonchev–Trinajstić information content (AvgIpc) is 2.77. The highest BCUT2D eigenvalue weighted by molar-refractivity contribution is 5.89. The third-order valence-corrected chi connectivity index (χ3v) is 4.85. The molecule has 6 heteroatoms. The number of hydrogen-bond donors (Lipinski definition) is 3. The van der Waals surface area contributed by atoms with E-state index in [-0.39, 0.29) is 11.7 Å². The Kier molecular flexibility index (Phi) is 7.76. The molecule has 3 aromatic rings. The number of nitrogens with zero attached hydrogens (tertiary/aromatic N) is 1. The van der Waals surface area contributed by atoms with Gasteiger partial charge in [-0.15, -0.1) is 0 Å². The van der Waals surface area contributed by atoms with Crippen molar-refractivity contribution in [2.75, 3.05) is 13.1 Å². The molecule has 0 saturated heterocycles. The van der Waals surface area contributed by atoms with Gasteiger partial charge in [0.25, 0.3) is 0 Å². The minimum atomic E-state index is -0.975. The standard InChI is InChI=1S/C25H28N2O4/c1-17(2)31-24-14-20(25(29)30)9-10-22(24)19-7-5-18(6-8-19)11-13-27-16-23(28)21-4-3-12-26-15-21/h3-10,12,14-15,17,23,27-28H,11,13,16H2,1-2H3,(H,29,30)/t23-/m0/s1. The maximum Gasteiger partial charge on any atom is 0.335 e. The zero-order valence-electron chi connectivity index (χ0n) is 17.8. The summed E-state index contributed by atoms with van der Waals surface area (Å²) in [6, 6.07) is 16.8. The van der Waals surface area contributed by atoms with Crippen LogP contribution in [-0.4, -0.2) is 40.4 Å². The number of aromatic nitrogens is 1. The summed E-state index contributed by atoms with van der Waals surface area (Å²) in [6.45, 7) is 5.04. The summed E-state index contributed by atoms with van der Waals surface area (Å²) in [5.74, 6) is -0.412. The molecule has 0 spiro atoms. The average molecular weight is 421 g/mol. The van der Waals surface area contributed by atoms with Crippen LogP contribution in [0.15, 0.2) is 67.0 Å². The molecule has 0 radical (unpaired) electrons. The van der Waals surface area contributed by atoms with Crippen molar-refractivity contribution in [1.29, 1.82) is 0 Å². The molecule has 6 nitrogen and oxygen atoms in total. The monoisotopic (exact) mass is 420 g/mol. The van der Waals surface area contributed by atoms with Gasteiger partial charge >= 0.3 is 5.97 Å². The first-order valence-electron chi connectivity index (χ1n) is 10.4. The summed E-state index contributed by atoms with van der Waals surface area (Å²) in [5, 5.41) is 22.7. The van der Waals surface area contributed by atoms with E-state index in [0.717, 1.165) is 29.7 Å². The van der Waals surface area contributed by atoms with Crippen molar-refractivity contribution in [2.45, 2.75) is 32.5 Å². The largest absolute Gasteiger partial charge is 0.490 e. The van der Waals surface area contributed by atoms with Crippen molar-refractivity contribution in [3.8, 4) is 16.9 Å². The second-order valence-electron chi connectivity index (χ2n) is 7.64. The van der Waals surface area contributed by atoms with E-state index in [1.165, 1.54) is 5.56 Å². The van der Waals surface area contributed by atoms with Crippen molar-refractivity contribution in [3.05, 3.63) is 83.7 Å². The van der Waals surface area contributed by atoms with E-state index >= 15 is 0 Å². The van der Waals surface area contributed by atoms with E-state index in [2.05, 4.69) is 22.4 Å². The number of ether oxygens (including phenoxy) is 1. The summed E-state index contributed by atoms with van der Waals surface area (Å²) in [6.07, 6.45) is 3.55. The predicted octanol–water partition coefficient (Wildman–Crippen LogP) is 4.10. The van der Waals surface area contributed by atoms with E-state index in [9.17, 15) is 15.0 Å². The van der Waals surface area contributed by atoms with Gasteiger partial charge < -0.3 is 20.3 Å². The molecule has 0 amide bonds. The van der Waals surface area contributed by atoms with Crippen LogP contribution in [-0.2, 0) is 6.42 Å². The van der Waals surface area contributed by atoms with E-state index in [4.69, 9.17) is 4.74 Å². The molecule has 0 unspecified atom stereocenters. The van der Waals surface area contributed by atoms with Crippen LogP contribution in [0.2, 0.25) is 0 Å². The minimum absolute atomic E-state index is 0.0600. The molecule has 0 aliphatic carbocycles. The first-order chi connectivity index (χ1) is 14.9. The van der Waals surface area contributed by atoms with E-state index in [1.807, 2.05) is 38.1 Å². The van der Waals surface area contributed by atoms with E-state index in [0.29, 0.717) is 12.3 Å². The lowest BCUT2D eigenvalue weighted by Crippen LogP contribution is -2.23. The topological polar surface area (TPSA) is 91.7 Å². The molecule has 2 aromatic carbocycles. The van der Waals surface area contributed by atoms with Crippen molar-refractivity contribution < 1.29 is 19.7 Å². The van der Waals surface area contributed by atoms with Crippen molar-refractivity contribution in [1.82, 2.24) is 10.3 Å². The zero-order chi connectivity index (χ0) is 22.2. The predicted molar refractivity (Wildman–Crippen MR) is 120 cm³/mol. The molecule has 162 valence electrons. The number of nitrogens with one attached hydrogen (secondary N) is 1. The summed E-state index contributed by atoms with van der Waals surface area (Å²) < 4.78 is 5.86. The lowest BCUT2D eigenvalue weighted by atomic mass is 10.00. The Hall–Kier alpha value is -3.22.